The van der Waals surface area contributed by atoms with Gasteiger partial charge >= 0.3 is 0 Å². The lowest BCUT2D eigenvalue weighted by Gasteiger charge is -2.22. The van der Waals surface area contributed by atoms with Gasteiger partial charge in [0.25, 0.3) is 5.91 Å². The number of nitrogens with zero attached hydrogens (tertiary/aromatic N) is 1. The van der Waals surface area contributed by atoms with E-state index in [-0.39, 0.29) is 30.7 Å². The summed E-state index contributed by atoms with van der Waals surface area (Å²) in [4.78, 5) is 38.6. The van der Waals surface area contributed by atoms with Crippen molar-refractivity contribution in [2.45, 2.75) is 26.2 Å². The lowest BCUT2D eigenvalue weighted by molar-refractivity contribution is -0.134. The molecule has 0 fully saturated rings. The summed E-state index contributed by atoms with van der Waals surface area (Å²) in [6.07, 6.45) is 1.52. The highest BCUT2D eigenvalue weighted by Crippen LogP contribution is 2.22. The molecule has 0 spiro atoms. The molecule has 0 aliphatic carbocycles. The third-order valence-electron chi connectivity index (χ3n) is 4.45. The lowest BCUT2D eigenvalue weighted by atomic mass is 10.2. The van der Waals surface area contributed by atoms with Gasteiger partial charge in [0, 0.05) is 25.1 Å². The van der Waals surface area contributed by atoms with Crippen LogP contribution in [-0.2, 0) is 9.59 Å². The monoisotopic (exact) mass is 411 g/mol. The van der Waals surface area contributed by atoms with Gasteiger partial charge in [-0.15, -0.1) is 0 Å². The van der Waals surface area contributed by atoms with Crippen LogP contribution in [0.2, 0.25) is 0 Å². The van der Waals surface area contributed by atoms with Gasteiger partial charge in [0.1, 0.15) is 5.75 Å². The van der Waals surface area contributed by atoms with Gasteiger partial charge in [0.2, 0.25) is 11.8 Å². The first-order chi connectivity index (χ1) is 14.5. The van der Waals surface area contributed by atoms with Gasteiger partial charge in [0.15, 0.2) is 0 Å². The van der Waals surface area contributed by atoms with Crippen molar-refractivity contribution in [2.75, 3.05) is 32.1 Å². The molecule has 7 nitrogen and oxygen atoms in total. The molecule has 2 rings (SSSR count). The molecule has 2 aromatic rings. The SMILES string of the molecule is CCCN(CC(=O)Nc1ccccc1OC)C(=O)CCCNC(=O)c1ccccc1. The van der Waals surface area contributed by atoms with E-state index in [2.05, 4.69) is 10.6 Å². The van der Waals surface area contributed by atoms with Crippen LogP contribution in [0.15, 0.2) is 54.6 Å². The quantitative estimate of drug-likeness (QED) is 0.556. The Morgan fingerprint density at radius 1 is 1.00 bits per heavy atom. The van der Waals surface area contributed by atoms with Crippen LogP contribution in [0.3, 0.4) is 0 Å². The van der Waals surface area contributed by atoms with Crippen LogP contribution in [-0.4, -0.2) is 49.4 Å². The summed E-state index contributed by atoms with van der Waals surface area (Å²) in [5, 5.41) is 5.60. The summed E-state index contributed by atoms with van der Waals surface area (Å²) >= 11 is 0. The Bertz CT molecular complexity index is 839. The third-order valence-corrected chi connectivity index (χ3v) is 4.45. The molecule has 0 aliphatic heterocycles. The van der Waals surface area contributed by atoms with Gasteiger partial charge in [0.05, 0.1) is 19.3 Å². The molecule has 0 radical (unpaired) electrons. The van der Waals surface area contributed by atoms with E-state index in [0.29, 0.717) is 36.5 Å². The van der Waals surface area contributed by atoms with Crippen molar-refractivity contribution in [2.24, 2.45) is 0 Å². The number of ether oxygens (including phenoxy) is 1. The van der Waals surface area contributed by atoms with Gasteiger partial charge in [-0.1, -0.05) is 37.3 Å². The molecule has 160 valence electrons. The maximum atomic E-state index is 12.6. The molecule has 0 bridgehead atoms. The standard InChI is InChI=1S/C23H29N3O4/c1-3-16-26(17-21(27)25-19-12-7-8-13-20(19)30-2)22(28)14-9-15-24-23(29)18-10-5-4-6-11-18/h4-8,10-13H,3,9,14-17H2,1-2H3,(H,24,29)(H,25,27). The topological polar surface area (TPSA) is 87.7 Å². The summed E-state index contributed by atoms with van der Waals surface area (Å²) in [6, 6.07) is 16.1. The van der Waals surface area contributed by atoms with Crippen molar-refractivity contribution >= 4 is 23.4 Å². The zero-order chi connectivity index (χ0) is 21.8. The number of nitrogens with one attached hydrogen (secondary N) is 2. The highest BCUT2D eigenvalue weighted by Gasteiger charge is 2.17. The van der Waals surface area contributed by atoms with E-state index >= 15 is 0 Å². The van der Waals surface area contributed by atoms with E-state index in [1.165, 1.54) is 7.11 Å². The Balaban J connectivity index is 1.80. The second-order valence-electron chi connectivity index (χ2n) is 6.79. The molecule has 2 N–H and O–H groups in total. The highest BCUT2D eigenvalue weighted by atomic mass is 16.5. The second kappa shape index (κ2) is 12.3. The first-order valence-electron chi connectivity index (χ1n) is 10.1. The fourth-order valence-corrected chi connectivity index (χ4v) is 2.96. The minimum atomic E-state index is -0.279. The lowest BCUT2D eigenvalue weighted by Crippen LogP contribution is -2.38. The van der Waals surface area contributed by atoms with Crippen LogP contribution in [0.5, 0.6) is 5.75 Å². The molecule has 7 heteroatoms. The molecule has 0 unspecified atom stereocenters. The van der Waals surface area contributed by atoms with E-state index in [0.717, 1.165) is 6.42 Å². The van der Waals surface area contributed by atoms with Crippen molar-refractivity contribution in [3.05, 3.63) is 60.2 Å². The Kier molecular flexibility index (Phi) is 9.37. The molecule has 0 aliphatic rings. The maximum Gasteiger partial charge on any atom is 0.251 e. The number of methoxy groups -OCH3 is 1. The largest absolute Gasteiger partial charge is 0.495 e. The molecule has 3 amide bonds. The predicted octanol–water partition coefficient (Wildman–Crippen LogP) is 3.08. The van der Waals surface area contributed by atoms with Crippen LogP contribution >= 0.6 is 0 Å². The summed E-state index contributed by atoms with van der Waals surface area (Å²) in [5.74, 6) is 0.0118. The van der Waals surface area contributed by atoms with E-state index in [1.807, 2.05) is 19.1 Å². The number of hydrogen-bond donors (Lipinski definition) is 2. The summed E-state index contributed by atoms with van der Waals surface area (Å²) in [6.45, 7) is 2.82. The van der Waals surface area contributed by atoms with Gasteiger partial charge in [-0.05, 0) is 37.1 Å². The first kappa shape index (κ1) is 22.9. The van der Waals surface area contributed by atoms with E-state index in [4.69, 9.17) is 4.74 Å². The van der Waals surface area contributed by atoms with Crippen LogP contribution in [0.4, 0.5) is 5.69 Å². The molecule has 0 aromatic heterocycles. The summed E-state index contributed by atoms with van der Waals surface area (Å²) in [5.41, 5.74) is 1.15. The Morgan fingerprint density at radius 3 is 2.40 bits per heavy atom. The minimum absolute atomic E-state index is 0.0267. The predicted molar refractivity (Wildman–Crippen MR) is 117 cm³/mol. The van der Waals surface area contributed by atoms with Crippen molar-refractivity contribution in [3.63, 3.8) is 0 Å². The number of rotatable bonds is 11. The number of carbonyl (C=O) groups is 3. The van der Waals surface area contributed by atoms with Crippen molar-refractivity contribution in [3.8, 4) is 5.75 Å². The summed E-state index contributed by atoms with van der Waals surface area (Å²) < 4.78 is 5.23. The normalized spacial score (nSPS) is 10.2. The number of hydrogen-bond acceptors (Lipinski definition) is 4. The maximum absolute atomic E-state index is 12.6. The Morgan fingerprint density at radius 2 is 1.70 bits per heavy atom. The first-order valence-corrected chi connectivity index (χ1v) is 10.1. The van der Waals surface area contributed by atoms with Gasteiger partial charge in [-0.2, -0.15) is 0 Å². The number of benzene rings is 2. The average Bonchev–Trinajstić information content (AvgIpc) is 2.77. The number of carbonyl (C=O) groups excluding carboxylic acids is 3. The van der Waals surface area contributed by atoms with E-state index < -0.39 is 0 Å². The highest BCUT2D eigenvalue weighted by molar-refractivity contribution is 5.96. The number of anilines is 1. The third kappa shape index (κ3) is 7.24. The molecule has 0 heterocycles. The molecule has 0 atom stereocenters. The number of amides is 3. The van der Waals surface area contributed by atoms with Gasteiger partial charge in [-0.3, -0.25) is 14.4 Å². The van der Waals surface area contributed by atoms with Crippen molar-refractivity contribution < 1.29 is 19.1 Å². The Labute approximate surface area is 177 Å². The zero-order valence-corrected chi connectivity index (χ0v) is 17.5. The second-order valence-corrected chi connectivity index (χ2v) is 6.79. The smallest absolute Gasteiger partial charge is 0.251 e. The van der Waals surface area contributed by atoms with Crippen LogP contribution < -0.4 is 15.4 Å². The minimum Gasteiger partial charge on any atom is -0.495 e. The molecule has 2 aromatic carbocycles. The molecule has 0 saturated heterocycles. The van der Waals surface area contributed by atoms with Crippen molar-refractivity contribution in [1.29, 1.82) is 0 Å². The average molecular weight is 412 g/mol. The summed E-state index contributed by atoms with van der Waals surface area (Å²) in [7, 11) is 1.54. The van der Waals surface area contributed by atoms with Crippen molar-refractivity contribution in [1.82, 2.24) is 10.2 Å². The molecule has 0 saturated carbocycles. The van der Waals surface area contributed by atoms with Crippen LogP contribution in [0.1, 0.15) is 36.5 Å². The molecular weight excluding hydrogens is 382 g/mol. The van der Waals surface area contributed by atoms with Crippen LogP contribution in [0.25, 0.3) is 0 Å². The molecule has 30 heavy (non-hydrogen) atoms. The van der Waals surface area contributed by atoms with Gasteiger partial charge < -0.3 is 20.3 Å². The van der Waals surface area contributed by atoms with E-state index in [1.54, 1.807) is 47.4 Å². The molecular formula is C23H29N3O4. The zero-order valence-electron chi connectivity index (χ0n) is 17.5. The van der Waals surface area contributed by atoms with Crippen LogP contribution in [0, 0.1) is 0 Å². The van der Waals surface area contributed by atoms with E-state index in [9.17, 15) is 14.4 Å². The number of para-hydroxylation sites is 2. The van der Waals surface area contributed by atoms with Gasteiger partial charge in [-0.25, -0.2) is 0 Å². The fraction of sp³-hybridized carbons (Fsp3) is 0.348. The fourth-order valence-electron chi connectivity index (χ4n) is 2.96. The Hall–Kier alpha value is -3.35.